The van der Waals surface area contributed by atoms with Crippen LogP contribution in [0.3, 0.4) is 0 Å². The van der Waals surface area contributed by atoms with Gasteiger partial charge in [0.25, 0.3) is 0 Å². The molecule has 0 aliphatic carbocycles. The third kappa shape index (κ3) is 2.15. The monoisotopic (exact) mass is 217 g/mol. The molecule has 84 valence electrons. The van der Waals surface area contributed by atoms with Crippen molar-refractivity contribution in [3.8, 4) is 11.3 Å². The lowest BCUT2D eigenvalue weighted by molar-refractivity contribution is 0.159. The zero-order valence-corrected chi connectivity index (χ0v) is 9.18. The lowest BCUT2D eigenvalue weighted by atomic mass is 10.1. The van der Waals surface area contributed by atoms with Crippen molar-refractivity contribution >= 4 is 0 Å². The van der Waals surface area contributed by atoms with Crippen LogP contribution in [0.5, 0.6) is 0 Å². The summed E-state index contributed by atoms with van der Waals surface area (Å²) in [5.74, 6) is 1.26. The van der Waals surface area contributed by atoms with E-state index in [0.717, 1.165) is 11.3 Å². The molecule has 3 N–H and O–H groups in total. The maximum absolute atomic E-state index is 9.51. The van der Waals surface area contributed by atoms with Crippen LogP contribution >= 0.6 is 0 Å². The van der Waals surface area contributed by atoms with Gasteiger partial charge in [0.15, 0.2) is 0 Å². The molecule has 0 saturated heterocycles. The first-order chi connectivity index (χ1) is 7.70. The maximum Gasteiger partial charge on any atom is 0.134 e. The third-order valence-electron chi connectivity index (χ3n) is 2.51. The Kier molecular flexibility index (Phi) is 3.08. The van der Waals surface area contributed by atoms with E-state index in [9.17, 15) is 5.11 Å². The van der Waals surface area contributed by atoms with Crippen LogP contribution in [-0.4, -0.2) is 11.7 Å². The predicted octanol–water partition coefficient (Wildman–Crippen LogP) is 2.25. The van der Waals surface area contributed by atoms with Gasteiger partial charge in [0, 0.05) is 12.1 Å². The fraction of sp³-hybridized carbons (Fsp3) is 0.231. The van der Waals surface area contributed by atoms with Crippen LogP contribution in [0.2, 0.25) is 0 Å². The molecule has 1 aromatic carbocycles. The van der Waals surface area contributed by atoms with Gasteiger partial charge in [-0.05, 0) is 19.1 Å². The Morgan fingerprint density at radius 2 is 1.88 bits per heavy atom. The van der Waals surface area contributed by atoms with Crippen LogP contribution < -0.4 is 5.73 Å². The largest absolute Gasteiger partial charge is 0.458 e. The Hall–Kier alpha value is -1.58. The van der Waals surface area contributed by atoms with Crippen LogP contribution in [0.25, 0.3) is 11.3 Å². The zero-order valence-electron chi connectivity index (χ0n) is 9.18. The first-order valence-corrected chi connectivity index (χ1v) is 5.25. The van der Waals surface area contributed by atoms with Crippen molar-refractivity contribution in [2.45, 2.75) is 13.0 Å². The van der Waals surface area contributed by atoms with Crippen molar-refractivity contribution in [2.24, 2.45) is 5.73 Å². The Morgan fingerprint density at radius 3 is 2.50 bits per heavy atom. The molecular weight excluding hydrogens is 202 g/mol. The van der Waals surface area contributed by atoms with Crippen molar-refractivity contribution in [3.63, 3.8) is 0 Å². The predicted molar refractivity (Wildman–Crippen MR) is 62.9 cm³/mol. The van der Waals surface area contributed by atoms with E-state index in [0.29, 0.717) is 5.76 Å². The maximum atomic E-state index is 9.51. The van der Waals surface area contributed by atoms with Crippen molar-refractivity contribution in [2.75, 3.05) is 6.54 Å². The number of aryl methyl sites for hydroxylation is 1. The highest BCUT2D eigenvalue weighted by Crippen LogP contribution is 2.25. The molecule has 3 heteroatoms. The number of furan rings is 1. The lowest BCUT2D eigenvalue weighted by Crippen LogP contribution is -2.10. The number of benzene rings is 1. The van der Waals surface area contributed by atoms with Gasteiger partial charge in [-0.15, -0.1) is 0 Å². The average Bonchev–Trinajstić information content (AvgIpc) is 2.78. The van der Waals surface area contributed by atoms with Gasteiger partial charge in [0.2, 0.25) is 0 Å². The molecule has 1 atom stereocenters. The van der Waals surface area contributed by atoms with Crippen molar-refractivity contribution in [3.05, 3.63) is 47.7 Å². The van der Waals surface area contributed by atoms with Gasteiger partial charge in [0.05, 0.1) is 0 Å². The van der Waals surface area contributed by atoms with Crippen LogP contribution in [0.1, 0.15) is 17.4 Å². The van der Waals surface area contributed by atoms with Crippen LogP contribution in [0, 0.1) is 6.92 Å². The van der Waals surface area contributed by atoms with E-state index in [4.69, 9.17) is 10.2 Å². The average molecular weight is 217 g/mol. The molecule has 0 radical (unpaired) electrons. The smallest absolute Gasteiger partial charge is 0.134 e. The second-order valence-electron chi connectivity index (χ2n) is 3.82. The Balaban J connectivity index is 2.28. The number of hydrogen-bond acceptors (Lipinski definition) is 3. The molecule has 0 aliphatic rings. The highest BCUT2D eigenvalue weighted by molar-refractivity contribution is 5.57. The molecule has 2 aromatic rings. The minimum absolute atomic E-state index is 0.168. The highest BCUT2D eigenvalue weighted by atomic mass is 16.4. The van der Waals surface area contributed by atoms with Crippen LogP contribution in [-0.2, 0) is 0 Å². The fourth-order valence-corrected chi connectivity index (χ4v) is 1.52. The summed E-state index contributed by atoms with van der Waals surface area (Å²) in [7, 11) is 0. The molecule has 0 unspecified atom stereocenters. The van der Waals surface area contributed by atoms with E-state index in [1.165, 1.54) is 5.56 Å². The summed E-state index contributed by atoms with van der Waals surface area (Å²) in [6, 6.07) is 11.6. The fourth-order valence-electron chi connectivity index (χ4n) is 1.52. The minimum Gasteiger partial charge on any atom is -0.458 e. The Morgan fingerprint density at radius 1 is 1.19 bits per heavy atom. The normalized spacial score (nSPS) is 12.7. The molecule has 0 aliphatic heterocycles. The van der Waals surface area contributed by atoms with E-state index in [1.807, 2.05) is 37.3 Å². The topological polar surface area (TPSA) is 59.4 Å². The Labute approximate surface area is 94.5 Å². The highest BCUT2D eigenvalue weighted by Gasteiger charge is 2.11. The summed E-state index contributed by atoms with van der Waals surface area (Å²) < 4.78 is 5.53. The van der Waals surface area contributed by atoms with E-state index < -0.39 is 6.10 Å². The first-order valence-electron chi connectivity index (χ1n) is 5.25. The number of aliphatic hydroxyl groups is 1. The summed E-state index contributed by atoms with van der Waals surface area (Å²) >= 11 is 0. The summed E-state index contributed by atoms with van der Waals surface area (Å²) in [5, 5.41) is 9.51. The van der Waals surface area contributed by atoms with E-state index in [-0.39, 0.29) is 6.54 Å². The Bertz CT molecular complexity index is 459. The number of aliphatic hydroxyl groups excluding tert-OH is 1. The van der Waals surface area contributed by atoms with E-state index in [1.54, 1.807) is 6.07 Å². The quantitative estimate of drug-likeness (QED) is 0.829. The van der Waals surface area contributed by atoms with Crippen LogP contribution in [0.4, 0.5) is 0 Å². The first kappa shape index (κ1) is 10.9. The van der Waals surface area contributed by atoms with E-state index in [2.05, 4.69) is 0 Å². The van der Waals surface area contributed by atoms with Gasteiger partial charge in [0.1, 0.15) is 17.6 Å². The number of nitrogens with two attached hydrogens (primary N) is 1. The molecule has 1 heterocycles. The van der Waals surface area contributed by atoms with E-state index >= 15 is 0 Å². The van der Waals surface area contributed by atoms with Crippen molar-refractivity contribution in [1.82, 2.24) is 0 Å². The van der Waals surface area contributed by atoms with Gasteiger partial charge in [-0.25, -0.2) is 0 Å². The molecule has 3 nitrogen and oxygen atoms in total. The van der Waals surface area contributed by atoms with Crippen molar-refractivity contribution in [1.29, 1.82) is 0 Å². The van der Waals surface area contributed by atoms with Crippen LogP contribution in [0.15, 0.2) is 40.8 Å². The molecule has 0 fully saturated rings. The third-order valence-corrected chi connectivity index (χ3v) is 2.51. The second kappa shape index (κ2) is 4.51. The summed E-state index contributed by atoms with van der Waals surface area (Å²) in [5.41, 5.74) is 7.57. The lowest BCUT2D eigenvalue weighted by Gasteiger charge is -2.03. The number of rotatable bonds is 3. The molecular formula is C13H15NO2. The molecule has 0 saturated carbocycles. The van der Waals surface area contributed by atoms with Gasteiger partial charge < -0.3 is 15.3 Å². The van der Waals surface area contributed by atoms with Gasteiger partial charge in [-0.2, -0.15) is 0 Å². The second-order valence-corrected chi connectivity index (χ2v) is 3.82. The van der Waals surface area contributed by atoms with Crippen molar-refractivity contribution < 1.29 is 9.52 Å². The SMILES string of the molecule is Cc1ccc(-c2ccc([C@H](O)CN)o2)cc1. The summed E-state index contributed by atoms with van der Waals surface area (Å²) in [6.07, 6.45) is -0.723. The molecule has 0 amide bonds. The standard InChI is InChI=1S/C13H15NO2/c1-9-2-4-10(5-3-9)12-6-7-13(16-12)11(15)8-14/h2-7,11,15H,8,14H2,1H3/t11-/m1/s1. The van der Waals surface area contributed by atoms with Gasteiger partial charge in [-0.1, -0.05) is 29.8 Å². The molecule has 0 bridgehead atoms. The molecule has 16 heavy (non-hydrogen) atoms. The molecule has 1 aromatic heterocycles. The molecule has 2 rings (SSSR count). The van der Waals surface area contributed by atoms with Gasteiger partial charge >= 0.3 is 0 Å². The minimum atomic E-state index is -0.723. The van der Waals surface area contributed by atoms with Gasteiger partial charge in [-0.3, -0.25) is 0 Å². The number of hydrogen-bond donors (Lipinski definition) is 2. The summed E-state index contributed by atoms with van der Waals surface area (Å²) in [6.45, 7) is 2.20. The molecule has 0 spiro atoms. The summed E-state index contributed by atoms with van der Waals surface area (Å²) in [4.78, 5) is 0. The zero-order chi connectivity index (χ0) is 11.5.